The Hall–Kier alpha value is -2.11. The summed E-state index contributed by atoms with van der Waals surface area (Å²) in [6.07, 6.45) is 3.64. The number of hydrogen-bond donors (Lipinski definition) is 3. The first-order valence-corrected chi connectivity index (χ1v) is 12.2. The van der Waals surface area contributed by atoms with Gasteiger partial charge in [0.25, 0.3) is 0 Å². The van der Waals surface area contributed by atoms with Gasteiger partial charge in [-0.1, -0.05) is 23.4 Å². The van der Waals surface area contributed by atoms with Crippen LogP contribution in [-0.2, 0) is 11.3 Å². The molecule has 0 bridgehead atoms. The normalized spacial score (nSPS) is 22.5. The third-order valence-electron chi connectivity index (χ3n) is 7.03. The molecule has 176 valence electrons. The molecule has 5 rings (SSSR count). The molecule has 0 unspecified atom stereocenters. The van der Waals surface area contributed by atoms with Crippen LogP contribution in [0.1, 0.15) is 31.2 Å². The number of fused-ring (bicyclic) bond motifs is 1. The highest BCUT2D eigenvalue weighted by molar-refractivity contribution is 7.99. The van der Waals surface area contributed by atoms with Gasteiger partial charge in [0.2, 0.25) is 0 Å². The van der Waals surface area contributed by atoms with E-state index in [4.69, 9.17) is 27.8 Å². The smallest absolute Gasteiger partial charge is 0.176 e. The zero-order chi connectivity index (χ0) is 23.3. The Morgan fingerprint density at radius 2 is 2.09 bits per heavy atom. The second kappa shape index (κ2) is 8.59. The van der Waals surface area contributed by atoms with E-state index < -0.39 is 0 Å². The van der Waals surface area contributed by atoms with E-state index in [1.165, 1.54) is 11.8 Å². The summed E-state index contributed by atoms with van der Waals surface area (Å²) in [6, 6.07) is 4.01. The van der Waals surface area contributed by atoms with Gasteiger partial charge in [0.15, 0.2) is 11.5 Å². The highest BCUT2D eigenvalue weighted by Crippen LogP contribution is 2.44. The fraction of sp³-hybridized carbons (Fsp3) is 0.500. The van der Waals surface area contributed by atoms with Crippen molar-refractivity contribution in [1.29, 1.82) is 0 Å². The van der Waals surface area contributed by atoms with Gasteiger partial charge in [0.05, 0.1) is 22.6 Å². The van der Waals surface area contributed by atoms with Gasteiger partial charge >= 0.3 is 0 Å². The molecule has 0 aromatic carbocycles. The lowest BCUT2D eigenvalue weighted by Gasteiger charge is -2.42. The van der Waals surface area contributed by atoms with Crippen LogP contribution in [0, 0.1) is 12.3 Å². The second-order valence-electron chi connectivity index (χ2n) is 8.95. The van der Waals surface area contributed by atoms with Crippen LogP contribution in [-0.4, -0.2) is 56.5 Å². The molecule has 5 N–H and O–H groups in total. The molecule has 2 atom stereocenters. The number of anilines is 2. The molecule has 0 saturated carbocycles. The molecule has 2 aliphatic heterocycles. The lowest BCUT2D eigenvalue weighted by molar-refractivity contribution is 0.0974. The lowest BCUT2D eigenvalue weighted by atomic mass is 9.73. The number of aryl methyl sites for hydroxylation is 1. The molecule has 2 saturated heterocycles. The molecular formula is C22H28ClN7O2S. The van der Waals surface area contributed by atoms with Gasteiger partial charge < -0.3 is 26.2 Å². The third kappa shape index (κ3) is 3.74. The predicted octanol–water partition coefficient (Wildman–Crippen LogP) is 2.64. The number of piperidine rings is 1. The van der Waals surface area contributed by atoms with Crippen molar-refractivity contribution in [3.8, 4) is 0 Å². The topological polar surface area (TPSA) is 128 Å². The summed E-state index contributed by atoms with van der Waals surface area (Å²) in [5.41, 5.74) is 14.2. The number of aliphatic hydroxyl groups excluding tert-OH is 1. The number of ether oxygens (including phenoxy) is 1. The van der Waals surface area contributed by atoms with E-state index in [9.17, 15) is 5.11 Å². The molecule has 2 aliphatic rings. The summed E-state index contributed by atoms with van der Waals surface area (Å²) in [5.74, 6) is 1.75. The number of aromatic nitrogens is 4. The zero-order valence-corrected chi connectivity index (χ0v) is 20.2. The van der Waals surface area contributed by atoms with Crippen molar-refractivity contribution in [2.24, 2.45) is 11.1 Å². The van der Waals surface area contributed by atoms with E-state index in [-0.39, 0.29) is 30.0 Å². The molecule has 5 heterocycles. The van der Waals surface area contributed by atoms with Gasteiger partial charge in [-0.15, -0.1) is 10.2 Å². The first-order valence-electron chi connectivity index (χ1n) is 11.0. The number of rotatable bonds is 4. The fourth-order valence-electron chi connectivity index (χ4n) is 4.95. The quantitative estimate of drug-likeness (QED) is 0.506. The second-order valence-corrected chi connectivity index (χ2v) is 10.4. The van der Waals surface area contributed by atoms with E-state index in [2.05, 4.69) is 33.1 Å². The van der Waals surface area contributed by atoms with Crippen LogP contribution in [0.2, 0.25) is 5.02 Å². The van der Waals surface area contributed by atoms with Crippen LogP contribution < -0.4 is 16.4 Å². The third-order valence-corrected chi connectivity index (χ3v) is 8.81. The number of aliphatic hydroxyl groups is 1. The van der Waals surface area contributed by atoms with E-state index in [1.807, 2.05) is 17.4 Å². The first-order chi connectivity index (χ1) is 15.8. The van der Waals surface area contributed by atoms with Crippen molar-refractivity contribution < 1.29 is 9.84 Å². The number of nitrogens with two attached hydrogens (primary N) is 2. The number of nitrogens with zero attached hydrogens (tertiary/aromatic N) is 5. The maximum atomic E-state index is 9.98. The van der Waals surface area contributed by atoms with Crippen LogP contribution in [0.4, 0.5) is 11.6 Å². The SMILES string of the molecule is Cc1cc(N2CCC3(CC2)CO[C@@H](C)[C@H]3N)n2c(CO)nnc2c1Sc1ccnc(N)c1Cl. The average molecular weight is 490 g/mol. The molecule has 1 spiro atoms. The molecule has 11 heteroatoms. The predicted molar refractivity (Wildman–Crippen MR) is 129 cm³/mol. The molecule has 9 nitrogen and oxygen atoms in total. The van der Waals surface area contributed by atoms with Crippen molar-refractivity contribution in [2.75, 3.05) is 30.3 Å². The number of halogens is 1. The minimum absolute atomic E-state index is 0.0326. The summed E-state index contributed by atoms with van der Waals surface area (Å²) < 4.78 is 7.82. The van der Waals surface area contributed by atoms with Gasteiger partial charge in [-0.3, -0.25) is 4.40 Å². The molecule has 0 radical (unpaired) electrons. The molecule has 2 fully saturated rings. The van der Waals surface area contributed by atoms with Gasteiger partial charge in [-0.2, -0.15) is 0 Å². The summed E-state index contributed by atoms with van der Waals surface area (Å²) in [5, 5.41) is 19.1. The van der Waals surface area contributed by atoms with Crippen LogP contribution in [0.25, 0.3) is 5.65 Å². The monoisotopic (exact) mass is 489 g/mol. The Balaban J connectivity index is 1.51. The highest BCUT2D eigenvalue weighted by atomic mass is 35.5. The largest absolute Gasteiger partial charge is 0.388 e. The minimum atomic E-state index is -0.210. The molecule has 3 aromatic rings. The van der Waals surface area contributed by atoms with Crippen LogP contribution in [0.3, 0.4) is 0 Å². The van der Waals surface area contributed by atoms with Gasteiger partial charge in [-0.05, 0) is 44.4 Å². The van der Waals surface area contributed by atoms with E-state index in [1.54, 1.807) is 6.20 Å². The summed E-state index contributed by atoms with van der Waals surface area (Å²) in [7, 11) is 0. The lowest BCUT2D eigenvalue weighted by Crippen LogP contribution is -2.51. The Labute approximate surface area is 201 Å². The van der Waals surface area contributed by atoms with Crippen LogP contribution in [0.15, 0.2) is 28.1 Å². The van der Waals surface area contributed by atoms with Crippen molar-refractivity contribution in [2.45, 2.75) is 55.2 Å². The van der Waals surface area contributed by atoms with Gasteiger partial charge in [0, 0.05) is 35.6 Å². The van der Waals surface area contributed by atoms with E-state index >= 15 is 0 Å². The minimum Gasteiger partial charge on any atom is -0.388 e. The van der Waals surface area contributed by atoms with Crippen molar-refractivity contribution in [3.05, 3.63) is 34.7 Å². The van der Waals surface area contributed by atoms with Crippen LogP contribution in [0.5, 0.6) is 0 Å². The number of pyridine rings is 2. The standard InChI is InChI=1S/C22H28ClN7O2S/c1-12-9-16(29-7-4-22(5-8-29)11-32-13(2)19(22)24)30-15(10-31)27-28-21(30)18(12)33-14-3-6-26-20(25)17(14)23/h3,6,9,13,19,31H,4-5,7-8,10-11,24H2,1-2H3,(H2,25,26)/t13-,19+/m0/s1. The Morgan fingerprint density at radius 3 is 2.76 bits per heavy atom. The molecular weight excluding hydrogens is 462 g/mol. The Bertz CT molecular complexity index is 1200. The summed E-state index contributed by atoms with van der Waals surface area (Å²) >= 11 is 7.86. The fourth-order valence-corrected chi connectivity index (χ4v) is 6.16. The molecule has 3 aromatic heterocycles. The van der Waals surface area contributed by atoms with E-state index in [0.717, 1.165) is 53.7 Å². The maximum Gasteiger partial charge on any atom is 0.176 e. The van der Waals surface area contributed by atoms with Crippen molar-refractivity contribution in [3.63, 3.8) is 0 Å². The Kier molecular flexibility index (Phi) is 5.90. The maximum absolute atomic E-state index is 9.98. The number of hydrogen-bond acceptors (Lipinski definition) is 9. The summed E-state index contributed by atoms with van der Waals surface area (Å²) in [4.78, 5) is 8.07. The highest BCUT2D eigenvalue weighted by Gasteiger charge is 2.47. The summed E-state index contributed by atoms with van der Waals surface area (Å²) in [6.45, 7) is 6.31. The zero-order valence-electron chi connectivity index (χ0n) is 18.7. The van der Waals surface area contributed by atoms with Crippen molar-refractivity contribution in [1.82, 2.24) is 19.6 Å². The van der Waals surface area contributed by atoms with Gasteiger partial charge in [0.1, 0.15) is 18.2 Å². The molecule has 0 amide bonds. The Morgan fingerprint density at radius 1 is 1.33 bits per heavy atom. The van der Waals surface area contributed by atoms with Gasteiger partial charge in [-0.25, -0.2) is 4.98 Å². The van der Waals surface area contributed by atoms with E-state index in [0.29, 0.717) is 16.5 Å². The van der Waals surface area contributed by atoms with Crippen LogP contribution >= 0.6 is 23.4 Å². The van der Waals surface area contributed by atoms with Crippen molar-refractivity contribution >= 4 is 40.6 Å². The number of nitrogen functional groups attached to an aromatic ring is 1. The first kappa shape index (κ1) is 22.7. The molecule has 33 heavy (non-hydrogen) atoms. The average Bonchev–Trinajstić information content (AvgIpc) is 3.36. The molecule has 0 aliphatic carbocycles.